The van der Waals surface area contributed by atoms with Gasteiger partial charge >= 0.3 is 6.61 Å². The maximum atomic E-state index is 12.4. The first-order valence-corrected chi connectivity index (χ1v) is 7.85. The molecule has 1 aromatic rings. The van der Waals surface area contributed by atoms with Crippen LogP contribution in [0.5, 0.6) is 5.75 Å². The Balaban J connectivity index is 1.96. The molecule has 1 aliphatic heterocycles. The van der Waals surface area contributed by atoms with Gasteiger partial charge in [-0.2, -0.15) is 8.78 Å². The third-order valence-corrected chi connectivity index (χ3v) is 3.46. The number of hydrogen-bond acceptors (Lipinski definition) is 3. The molecule has 0 amide bonds. The van der Waals surface area contributed by atoms with Gasteiger partial charge < -0.3 is 20.1 Å². The molecule has 128 valence electrons. The Kier molecular flexibility index (Phi) is 7.06. The van der Waals surface area contributed by atoms with Crippen LogP contribution in [0.3, 0.4) is 0 Å². The second kappa shape index (κ2) is 9.29. The SMILES string of the molecule is CCNC(=NCc1ccccc1OC(F)F)NCC1CCCO1. The number of alkyl halides is 2. The van der Waals surface area contributed by atoms with Gasteiger partial charge in [0.25, 0.3) is 0 Å². The first-order chi connectivity index (χ1) is 11.2. The van der Waals surface area contributed by atoms with Gasteiger partial charge in [-0.3, -0.25) is 0 Å². The van der Waals surface area contributed by atoms with E-state index in [1.807, 2.05) is 6.92 Å². The zero-order valence-electron chi connectivity index (χ0n) is 13.2. The van der Waals surface area contributed by atoms with Crippen LogP contribution in [0.15, 0.2) is 29.3 Å². The fourth-order valence-corrected chi connectivity index (χ4v) is 2.37. The van der Waals surface area contributed by atoms with Gasteiger partial charge in [-0.1, -0.05) is 18.2 Å². The van der Waals surface area contributed by atoms with Crippen molar-refractivity contribution in [2.24, 2.45) is 4.99 Å². The van der Waals surface area contributed by atoms with E-state index >= 15 is 0 Å². The first-order valence-electron chi connectivity index (χ1n) is 7.85. The number of benzene rings is 1. The fraction of sp³-hybridized carbons (Fsp3) is 0.562. The van der Waals surface area contributed by atoms with Crippen LogP contribution in [0, 0.1) is 0 Å². The lowest BCUT2D eigenvalue weighted by Gasteiger charge is -2.15. The Bertz CT molecular complexity index is 506. The van der Waals surface area contributed by atoms with Gasteiger partial charge in [-0.05, 0) is 25.8 Å². The molecule has 5 nitrogen and oxygen atoms in total. The predicted molar refractivity (Wildman–Crippen MR) is 84.9 cm³/mol. The monoisotopic (exact) mass is 327 g/mol. The van der Waals surface area contributed by atoms with Crippen LogP contribution in [0.25, 0.3) is 0 Å². The minimum atomic E-state index is -2.84. The summed E-state index contributed by atoms with van der Waals surface area (Å²) in [5.74, 6) is 0.788. The highest BCUT2D eigenvalue weighted by atomic mass is 19.3. The molecule has 1 fully saturated rings. The number of aliphatic imine (C=N–C) groups is 1. The lowest BCUT2D eigenvalue weighted by molar-refractivity contribution is -0.0504. The molecule has 1 atom stereocenters. The molecule has 0 bridgehead atoms. The van der Waals surface area contributed by atoms with Crippen molar-refractivity contribution in [3.05, 3.63) is 29.8 Å². The molecule has 0 aliphatic carbocycles. The quantitative estimate of drug-likeness (QED) is 0.597. The van der Waals surface area contributed by atoms with Crippen molar-refractivity contribution in [1.82, 2.24) is 10.6 Å². The van der Waals surface area contributed by atoms with Gasteiger partial charge in [-0.25, -0.2) is 4.99 Å². The zero-order valence-corrected chi connectivity index (χ0v) is 13.2. The minimum absolute atomic E-state index is 0.154. The molecule has 0 radical (unpaired) electrons. The molecule has 1 heterocycles. The number of nitrogens with zero attached hydrogens (tertiary/aromatic N) is 1. The summed E-state index contributed by atoms with van der Waals surface area (Å²) in [5.41, 5.74) is 0.613. The summed E-state index contributed by atoms with van der Waals surface area (Å²) in [6.07, 6.45) is 2.32. The molecule has 0 aromatic heterocycles. The molecule has 1 unspecified atom stereocenters. The summed E-state index contributed by atoms with van der Waals surface area (Å²) in [6, 6.07) is 6.68. The molecular formula is C16H23F2N3O2. The molecule has 2 N–H and O–H groups in total. The number of guanidine groups is 1. The van der Waals surface area contributed by atoms with E-state index in [1.54, 1.807) is 18.2 Å². The molecule has 1 saturated heterocycles. The molecule has 0 saturated carbocycles. The summed E-state index contributed by atoms with van der Waals surface area (Å²) in [5, 5.41) is 6.35. The molecule has 1 aliphatic rings. The third kappa shape index (κ3) is 6.02. The molecule has 23 heavy (non-hydrogen) atoms. The average molecular weight is 327 g/mol. The number of halogens is 2. The van der Waals surface area contributed by atoms with Crippen LogP contribution in [-0.4, -0.2) is 38.4 Å². The summed E-state index contributed by atoms with van der Waals surface area (Å²) >= 11 is 0. The smallest absolute Gasteiger partial charge is 0.387 e. The van der Waals surface area contributed by atoms with Crippen LogP contribution in [0.2, 0.25) is 0 Å². The van der Waals surface area contributed by atoms with E-state index in [-0.39, 0.29) is 18.4 Å². The lowest BCUT2D eigenvalue weighted by Crippen LogP contribution is -2.41. The minimum Gasteiger partial charge on any atom is -0.434 e. The lowest BCUT2D eigenvalue weighted by atomic mass is 10.2. The summed E-state index contributed by atoms with van der Waals surface area (Å²) in [6.45, 7) is 1.58. The third-order valence-electron chi connectivity index (χ3n) is 3.46. The Labute approximate surface area is 135 Å². The topological polar surface area (TPSA) is 54.9 Å². The number of para-hydroxylation sites is 1. The largest absolute Gasteiger partial charge is 0.434 e. The normalized spacial score (nSPS) is 18.3. The van der Waals surface area contributed by atoms with Crippen LogP contribution in [0.1, 0.15) is 25.3 Å². The Hall–Kier alpha value is -1.89. The number of ether oxygens (including phenoxy) is 2. The van der Waals surface area contributed by atoms with Gasteiger partial charge in [-0.15, -0.1) is 0 Å². The maximum absolute atomic E-state index is 12.4. The molecule has 2 rings (SSSR count). The van der Waals surface area contributed by atoms with Crippen LogP contribution in [0.4, 0.5) is 8.78 Å². The average Bonchev–Trinajstić information content (AvgIpc) is 3.04. The van der Waals surface area contributed by atoms with E-state index in [2.05, 4.69) is 20.4 Å². The van der Waals surface area contributed by atoms with E-state index in [0.717, 1.165) is 19.4 Å². The highest BCUT2D eigenvalue weighted by molar-refractivity contribution is 5.79. The Morgan fingerprint density at radius 3 is 2.91 bits per heavy atom. The molecule has 0 spiro atoms. The zero-order chi connectivity index (χ0) is 16.5. The highest BCUT2D eigenvalue weighted by Gasteiger charge is 2.15. The van der Waals surface area contributed by atoms with E-state index in [0.29, 0.717) is 24.6 Å². The predicted octanol–water partition coefficient (Wildman–Crippen LogP) is 2.52. The molecule has 7 heteroatoms. The Morgan fingerprint density at radius 2 is 2.22 bits per heavy atom. The first kappa shape index (κ1) is 17.5. The van der Waals surface area contributed by atoms with Crippen LogP contribution < -0.4 is 15.4 Å². The number of hydrogen-bond donors (Lipinski definition) is 2. The van der Waals surface area contributed by atoms with E-state index in [9.17, 15) is 8.78 Å². The second-order valence-electron chi connectivity index (χ2n) is 5.20. The summed E-state index contributed by atoms with van der Waals surface area (Å²) < 4.78 is 34.9. The van der Waals surface area contributed by atoms with Crippen molar-refractivity contribution >= 4 is 5.96 Å². The van der Waals surface area contributed by atoms with Crippen molar-refractivity contribution in [2.45, 2.75) is 39.0 Å². The van der Waals surface area contributed by atoms with Crippen molar-refractivity contribution in [2.75, 3.05) is 19.7 Å². The maximum Gasteiger partial charge on any atom is 0.387 e. The Morgan fingerprint density at radius 1 is 1.39 bits per heavy atom. The summed E-state index contributed by atoms with van der Waals surface area (Å²) in [7, 11) is 0. The van der Waals surface area contributed by atoms with Gasteiger partial charge in [0.15, 0.2) is 5.96 Å². The second-order valence-corrected chi connectivity index (χ2v) is 5.20. The molecule has 1 aromatic carbocycles. The van der Waals surface area contributed by atoms with Gasteiger partial charge in [0.1, 0.15) is 5.75 Å². The standard InChI is InChI=1S/C16H23F2N3O2/c1-2-19-16(21-11-13-7-5-9-22-13)20-10-12-6-3-4-8-14(12)23-15(17)18/h3-4,6,8,13,15H,2,5,7,9-11H2,1H3,(H2,19,20,21). The van der Waals surface area contributed by atoms with Crippen LogP contribution in [-0.2, 0) is 11.3 Å². The highest BCUT2D eigenvalue weighted by Crippen LogP contribution is 2.20. The molecular weight excluding hydrogens is 304 g/mol. The van der Waals surface area contributed by atoms with Crippen LogP contribution >= 0.6 is 0 Å². The summed E-state index contributed by atoms with van der Waals surface area (Å²) in [4.78, 5) is 4.43. The van der Waals surface area contributed by atoms with E-state index < -0.39 is 6.61 Å². The fourth-order valence-electron chi connectivity index (χ4n) is 2.37. The van der Waals surface area contributed by atoms with Gasteiger partial charge in [0, 0.05) is 25.3 Å². The number of nitrogens with one attached hydrogen (secondary N) is 2. The number of rotatable bonds is 7. The van der Waals surface area contributed by atoms with Crippen molar-refractivity contribution < 1.29 is 18.3 Å². The van der Waals surface area contributed by atoms with Gasteiger partial charge in [0.2, 0.25) is 0 Å². The van der Waals surface area contributed by atoms with Crippen molar-refractivity contribution in [3.8, 4) is 5.75 Å². The van der Waals surface area contributed by atoms with E-state index in [4.69, 9.17) is 4.74 Å². The van der Waals surface area contributed by atoms with Gasteiger partial charge in [0.05, 0.1) is 12.6 Å². The van der Waals surface area contributed by atoms with Crippen molar-refractivity contribution in [3.63, 3.8) is 0 Å². The van der Waals surface area contributed by atoms with Crippen molar-refractivity contribution in [1.29, 1.82) is 0 Å². The van der Waals surface area contributed by atoms with E-state index in [1.165, 1.54) is 6.07 Å².